The summed E-state index contributed by atoms with van der Waals surface area (Å²) in [5.41, 5.74) is 1.94. The summed E-state index contributed by atoms with van der Waals surface area (Å²) in [6, 6.07) is 11.8. The number of hydrogen-bond donors (Lipinski definition) is 3. The van der Waals surface area contributed by atoms with Crippen LogP contribution >= 0.6 is 24.0 Å². The van der Waals surface area contributed by atoms with Crippen LogP contribution in [0.4, 0.5) is 8.78 Å². The molecule has 0 bridgehead atoms. The van der Waals surface area contributed by atoms with E-state index < -0.39 is 6.61 Å². The number of nitrogens with one attached hydrogen (secondary N) is 3. The van der Waals surface area contributed by atoms with E-state index in [1.807, 2.05) is 6.07 Å². The Balaban J connectivity index is 0.00000450. The minimum Gasteiger partial charge on any atom is -0.497 e. The van der Waals surface area contributed by atoms with Crippen molar-refractivity contribution in [3.05, 3.63) is 59.2 Å². The van der Waals surface area contributed by atoms with Crippen molar-refractivity contribution in [3.63, 3.8) is 0 Å². The molecule has 2 rings (SSSR count). The molecular formula is C20H25F2IN4O3. The molecule has 1 amide bonds. The maximum atomic E-state index is 12.6. The van der Waals surface area contributed by atoms with Crippen LogP contribution in [0.25, 0.3) is 0 Å². The number of benzene rings is 2. The van der Waals surface area contributed by atoms with E-state index in [-0.39, 0.29) is 42.2 Å². The summed E-state index contributed by atoms with van der Waals surface area (Å²) in [5.74, 6) is 0.875. The van der Waals surface area contributed by atoms with Gasteiger partial charge < -0.3 is 25.4 Å². The third kappa shape index (κ3) is 7.65. The highest BCUT2D eigenvalue weighted by molar-refractivity contribution is 14.0. The average molecular weight is 534 g/mol. The smallest absolute Gasteiger partial charge is 0.387 e. The first-order valence-electron chi connectivity index (χ1n) is 8.84. The molecule has 0 atom stereocenters. The Kier molecular flexibility index (Phi) is 10.9. The van der Waals surface area contributed by atoms with Gasteiger partial charge in [-0.3, -0.25) is 9.79 Å². The standard InChI is InChI=1S/C20H24F2N4O3.HI/c1-23-18(27)14-6-4-5-13(9-14)11-25-20(24-2)26-12-15-10-16(28-3)7-8-17(15)29-19(21)22;/h4-10,19H,11-12H2,1-3H3,(H,23,27)(H2,24,25,26);1H. The first-order chi connectivity index (χ1) is 14.0. The lowest BCUT2D eigenvalue weighted by molar-refractivity contribution is -0.0505. The maximum absolute atomic E-state index is 12.6. The molecule has 0 aromatic heterocycles. The topological polar surface area (TPSA) is 84.0 Å². The number of ether oxygens (including phenoxy) is 2. The van der Waals surface area contributed by atoms with Gasteiger partial charge in [-0.25, -0.2) is 0 Å². The number of aliphatic imine (C=N–C) groups is 1. The van der Waals surface area contributed by atoms with Gasteiger partial charge >= 0.3 is 6.61 Å². The fraction of sp³-hybridized carbons (Fsp3) is 0.300. The maximum Gasteiger partial charge on any atom is 0.387 e. The van der Waals surface area contributed by atoms with Crippen molar-refractivity contribution in [2.45, 2.75) is 19.7 Å². The van der Waals surface area contributed by atoms with E-state index in [9.17, 15) is 13.6 Å². The van der Waals surface area contributed by atoms with Crippen LogP contribution in [-0.2, 0) is 13.1 Å². The van der Waals surface area contributed by atoms with Crippen molar-refractivity contribution < 1.29 is 23.0 Å². The number of hydrogen-bond acceptors (Lipinski definition) is 4. The molecule has 0 unspecified atom stereocenters. The van der Waals surface area contributed by atoms with Gasteiger partial charge in [0.2, 0.25) is 0 Å². The minimum atomic E-state index is -2.92. The molecule has 30 heavy (non-hydrogen) atoms. The number of alkyl halides is 2. The molecule has 0 aliphatic rings. The lowest BCUT2D eigenvalue weighted by Crippen LogP contribution is -2.36. The van der Waals surface area contributed by atoms with Gasteiger partial charge in [0.05, 0.1) is 7.11 Å². The van der Waals surface area contributed by atoms with Gasteiger partial charge in [0, 0.05) is 38.3 Å². The number of carbonyl (C=O) groups excluding carboxylic acids is 1. The molecule has 2 aromatic rings. The molecule has 0 spiro atoms. The summed E-state index contributed by atoms with van der Waals surface area (Å²) in [7, 11) is 4.66. The van der Waals surface area contributed by atoms with E-state index >= 15 is 0 Å². The Morgan fingerprint density at radius 3 is 2.50 bits per heavy atom. The molecule has 0 radical (unpaired) electrons. The number of guanidine groups is 1. The number of amides is 1. The van der Waals surface area contributed by atoms with Gasteiger partial charge in [-0.1, -0.05) is 12.1 Å². The Labute approximate surface area is 191 Å². The number of halogens is 3. The van der Waals surface area contributed by atoms with Crippen LogP contribution in [0.15, 0.2) is 47.5 Å². The summed E-state index contributed by atoms with van der Waals surface area (Å²) in [5, 5.41) is 8.74. The third-order valence-electron chi connectivity index (χ3n) is 4.03. The van der Waals surface area contributed by atoms with Crippen LogP contribution in [0, 0.1) is 0 Å². The molecule has 0 saturated carbocycles. The van der Waals surface area contributed by atoms with E-state index in [4.69, 9.17) is 4.74 Å². The molecule has 0 fully saturated rings. The highest BCUT2D eigenvalue weighted by Crippen LogP contribution is 2.25. The first kappa shape index (κ1) is 25.4. The SMILES string of the molecule is CN=C(NCc1cccc(C(=O)NC)c1)NCc1cc(OC)ccc1OC(F)F.I. The Morgan fingerprint density at radius 2 is 1.87 bits per heavy atom. The predicted molar refractivity (Wildman–Crippen MR) is 122 cm³/mol. The largest absolute Gasteiger partial charge is 0.497 e. The van der Waals surface area contributed by atoms with Crippen LogP contribution in [0.2, 0.25) is 0 Å². The summed E-state index contributed by atoms with van der Waals surface area (Å²) >= 11 is 0. The van der Waals surface area contributed by atoms with Gasteiger partial charge in [0.15, 0.2) is 5.96 Å². The summed E-state index contributed by atoms with van der Waals surface area (Å²) in [6.07, 6.45) is 0. The highest BCUT2D eigenvalue weighted by atomic mass is 127. The zero-order chi connectivity index (χ0) is 21.2. The molecule has 3 N–H and O–H groups in total. The van der Waals surface area contributed by atoms with Crippen molar-refractivity contribution in [1.82, 2.24) is 16.0 Å². The van der Waals surface area contributed by atoms with Gasteiger partial charge in [-0.05, 0) is 35.9 Å². The van der Waals surface area contributed by atoms with Crippen molar-refractivity contribution in [3.8, 4) is 11.5 Å². The van der Waals surface area contributed by atoms with E-state index in [0.717, 1.165) is 5.56 Å². The third-order valence-corrected chi connectivity index (χ3v) is 4.03. The second-order valence-electron chi connectivity index (χ2n) is 5.91. The Bertz CT molecular complexity index is 866. The zero-order valence-corrected chi connectivity index (χ0v) is 19.2. The highest BCUT2D eigenvalue weighted by Gasteiger charge is 2.12. The fourth-order valence-electron chi connectivity index (χ4n) is 2.58. The monoisotopic (exact) mass is 534 g/mol. The average Bonchev–Trinajstić information content (AvgIpc) is 2.74. The van der Waals surface area contributed by atoms with Crippen LogP contribution in [0.5, 0.6) is 11.5 Å². The van der Waals surface area contributed by atoms with Crippen molar-refractivity contribution in [1.29, 1.82) is 0 Å². The summed E-state index contributed by atoms with van der Waals surface area (Å²) < 4.78 is 35.0. The van der Waals surface area contributed by atoms with Gasteiger partial charge in [0.1, 0.15) is 11.5 Å². The minimum absolute atomic E-state index is 0. The van der Waals surface area contributed by atoms with E-state index in [2.05, 4.69) is 25.7 Å². The molecule has 0 aliphatic heterocycles. The molecule has 2 aromatic carbocycles. The Hall–Kier alpha value is -2.63. The number of rotatable bonds is 8. The first-order valence-corrected chi connectivity index (χ1v) is 8.84. The molecule has 0 saturated heterocycles. The van der Waals surface area contributed by atoms with Crippen LogP contribution in [0.1, 0.15) is 21.5 Å². The summed E-state index contributed by atoms with van der Waals surface area (Å²) in [4.78, 5) is 15.9. The number of methoxy groups -OCH3 is 1. The predicted octanol–water partition coefficient (Wildman–Crippen LogP) is 3.14. The van der Waals surface area contributed by atoms with Crippen LogP contribution in [0.3, 0.4) is 0 Å². The van der Waals surface area contributed by atoms with Gasteiger partial charge in [0.25, 0.3) is 5.91 Å². The van der Waals surface area contributed by atoms with Crippen molar-refractivity contribution >= 4 is 35.8 Å². The normalized spacial score (nSPS) is 10.8. The molecular weight excluding hydrogens is 509 g/mol. The molecule has 164 valence electrons. The van der Waals surface area contributed by atoms with Gasteiger partial charge in [-0.15, -0.1) is 24.0 Å². The second-order valence-corrected chi connectivity index (χ2v) is 5.91. The Morgan fingerprint density at radius 1 is 1.13 bits per heavy atom. The van der Waals surface area contributed by atoms with E-state index in [1.165, 1.54) is 13.2 Å². The van der Waals surface area contributed by atoms with Crippen molar-refractivity contribution in [2.24, 2.45) is 4.99 Å². The molecule has 7 nitrogen and oxygen atoms in total. The summed E-state index contributed by atoms with van der Waals surface area (Å²) in [6.45, 7) is -2.31. The molecule has 0 heterocycles. The van der Waals surface area contributed by atoms with E-state index in [1.54, 1.807) is 44.4 Å². The fourth-order valence-corrected chi connectivity index (χ4v) is 2.58. The van der Waals surface area contributed by atoms with Crippen molar-refractivity contribution in [2.75, 3.05) is 21.2 Å². The quantitative estimate of drug-likeness (QED) is 0.276. The van der Waals surface area contributed by atoms with Gasteiger partial charge in [-0.2, -0.15) is 8.78 Å². The number of nitrogens with zero attached hydrogens (tertiary/aromatic N) is 1. The van der Waals surface area contributed by atoms with Crippen LogP contribution in [-0.4, -0.2) is 39.7 Å². The lowest BCUT2D eigenvalue weighted by Gasteiger charge is -2.15. The number of carbonyl (C=O) groups is 1. The molecule has 10 heteroatoms. The second kappa shape index (κ2) is 12.8. The lowest BCUT2D eigenvalue weighted by atomic mass is 10.1. The zero-order valence-electron chi connectivity index (χ0n) is 16.9. The van der Waals surface area contributed by atoms with Crippen LogP contribution < -0.4 is 25.4 Å². The molecule has 0 aliphatic carbocycles. The van der Waals surface area contributed by atoms with E-state index in [0.29, 0.717) is 29.4 Å².